The second-order valence-electron chi connectivity index (χ2n) is 6.53. The van der Waals surface area contributed by atoms with Gasteiger partial charge in [0.15, 0.2) is 12.5 Å². The average molecular weight is 353 g/mol. The molecule has 0 bridgehead atoms. The zero-order valence-electron chi connectivity index (χ0n) is 13.4. The van der Waals surface area contributed by atoms with Crippen LogP contribution in [0.2, 0.25) is 0 Å². The van der Waals surface area contributed by atoms with Gasteiger partial charge in [-0.3, -0.25) is 4.79 Å². The Morgan fingerprint density at radius 2 is 2.00 bits per heavy atom. The molecule has 1 aromatic rings. The molecule has 134 valence electrons. The first-order valence-electron chi connectivity index (χ1n) is 8.24. The third kappa shape index (κ3) is 3.18. The van der Waals surface area contributed by atoms with Gasteiger partial charge in [0.05, 0.1) is 11.3 Å². The lowest BCUT2D eigenvalue weighted by Gasteiger charge is -2.37. The smallest absolute Gasteiger partial charge is 0.355 e. The van der Waals surface area contributed by atoms with Gasteiger partial charge in [0, 0.05) is 25.3 Å². The summed E-state index contributed by atoms with van der Waals surface area (Å²) in [4.78, 5) is 14.7. The van der Waals surface area contributed by atoms with Crippen molar-refractivity contribution < 1.29 is 22.7 Å². The lowest BCUT2D eigenvalue weighted by atomic mass is 10.0. The fraction of sp³-hybridized carbons (Fsp3) is 0.471. The van der Waals surface area contributed by atoms with E-state index in [0.717, 1.165) is 31.4 Å². The fourth-order valence-electron chi connectivity index (χ4n) is 3.47. The van der Waals surface area contributed by atoms with Crippen molar-refractivity contribution in [1.82, 2.24) is 15.1 Å². The van der Waals surface area contributed by atoms with Crippen molar-refractivity contribution >= 4 is 12.1 Å². The molecule has 1 N–H and O–H groups in total. The van der Waals surface area contributed by atoms with Gasteiger partial charge in [-0.2, -0.15) is 13.2 Å². The van der Waals surface area contributed by atoms with E-state index in [2.05, 4.69) is 10.2 Å². The number of ether oxygens (including phenoxy) is 1. The molecule has 2 saturated heterocycles. The fourth-order valence-corrected chi connectivity index (χ4v) is 3.47. The molecular formula is C17H18F3N3O2. The molecule has 0 aromatic heterocycles. The van der Waals surface area contributed by atoms with Crippen molar-refractivity contribution in [1.29, 1.82) is 0 Å². The van der Waals surface area contributed by atoms with Crippen LogP contribution in [-0.2, 0) is 15.7 Å². The normalized spacial score (nSPS) is 26.6. The van der Waals surface area contributed by atoms with Gasteiger partial charge in [-0.25, -0.2) is 0 Å². The third-order valence-corrected chi connectivity index (χ3v) is 4.91. The minimum atomic E-state index is -4.37. The number of amides is 1. The quantitative estimate of drug-likeness (QED) is 0.669. The number of carbonyl (C=O) groups is 1. The van der Waals surface area contributed by atoms with Crippen LogP contribution in [-0.4, -0.2) is 47.8 Å². The van der Waals surface area contributed by atoms with Crippen LogP contribution in [0, 0.1) is 0 Å². The van der Waals surface area contributed by atoms with Gasteiger partial charge in [0.25, 0.3) is 0 Å². The molecule has 0 saturated carbocycles. The molecule has 3 heterocycles. The van der Waals surface area contributed by atoms with Crippen molar-refractivity contribution in [3.05, 3.63) is 41.6 Å². The molecule has 4 rings (SSSR count). The van der Waals surface area contributed by atoms with Crippen LogP contribution in [0.4, 0.5) is 13.2 Å². The number of likely N-dealkylation sites (tertiary alicyclic amines) is 1. The van der Waals surface area contributed by atoms with E-state index in [-0.39, 0.29) is 18.5 Å². The molecule has 1 aromatic carbocycles. The Hall–Kier alpha value is -2.22. The Morgan fingerprint density at radius 1 is 1.24 bits per heavy atom. The zero-order valence-corrected chi connectivity index (χ0v) is 13.4. The van der Waals surface area contributed by atoms with Gasteiger partial charge < -0.3 is 19.9 Å². The molecule has 25 heavy (non-hydrogen) atoms. The molecule has 1 amide bonds. The largest absolute Gasteiger partial charge is 0.416 e. The number of halogens is 3. The number of nitrogens with one attached hydrogen (secondary N) is 1. The van der Waals surface area contributed by atoms with Gasteiger partial charge in [-0.05, 0) is 30.5 Å². The molecule has 0 aliphatic carbocycles. The number of piperidine rings is 1. The van der Waals surface area contributed by atoms with Gasteiger partial charge in [0.2, 0.25) is 6.41 Å². The van der Waals surface area contributed by atoms with Crippen molar-refractivity contribution in [3.63, 3.8) is 0 Å². The van der Waals surface area contributed by atoms with Crippen LogP contribution < -0.4 is 5.32 Å². The Balaban J connectivity index is 1.56. The highest BCUT2D eigenvalue weighted by atomic mass is 19.4. The molecule has 3 aliphatic rings. The zero-order chi connectivity index (χ0) is 17.6. The van der Waals surface area contributed by atoms with Crippen molar-refractivity contribution in [2.45, 2.75) is 37.5 Å². The van der Waals surface area contributed by atoms with E-state index in [9.17, 15) is 18.0 Å². The number of benzene rings is 1. The number of carbonyl (C=O) groups excluding carboxylic acids is 1. The first-order chi connectivity index (χ1) is 12.0. The highest BCUT2D eigenvalue weighted by Gasteiger charge is 2.49. The van der Waals surface area contributed by atoms with E-state index < -0.39 is 11.7 Å². The summed E-state index contributed by atoms with van der Waals surface area (Å²) in [5.74, 6) is 0. The van der Waals surface area contributed by atoms with E-state index in [4.69, 9.17) is 4.74 Å². The van der Waals surface area contributed by atoms with Gasteiger partial charge in [-0.1, -0.05) is 12.1 Å². The summed E-state index contributed by atoms with van der Waals surface area (Å²) in [7, 11) is 0. The number of nitrogens with zero attached hydrogens (tertiary/aromatic N) is 2. The number of epoxide rings is 1. The lowest BCUT2D eigenvalue weighted by Crippen LogP contribution is -2.46. The van der Waals surface area contributed by atoms with Gasteiger partial charge >= 0.3 is 6.18 Å². The summed E-state index contributed by atoms with van der Waals surface area (Å²) in [5.41, 5.74) is 0.444. The average Bonchev–Trinajstić information content (AvgIpc) is 3.40. The predicted octanol–water partition coefficient (Wildman–Crippen LogP) is 2.21. The van der Waals surface area contributed by atoms with Crippen LogP contribution in [0.25, 0.3) is 5.70 Å². The third-order valence-electron chi connectivity index (χ3n) is 4.91. The molecule has 2 fully saturated rings. The van der Waals surface area contributed by atoms with Crippen molar-refractivity contribution in [2.75, 3.05) is 13.1 Å². The number of fused-ring (bicyclic) bond motifs is 1. The molecule has 3 aliphatic heterocycles. The Kier molecular flexibility index (Phi) is 3.87. The van der Waals surface area contributed by atoms with Crippen LogP contribution in [0.3, 0.4) is 0 Å². The van der Waals surface area contributed by atoms with Crippen LogP contribution >= 0.6 is 0 Å². The summed E-state index contributed by atoms with van der Waals surface area (Å²) in [6.45, 7) is 1.37. The van der Waals surface area contributed by atoms with Crippen molar-refractivity contribution in [3.8, 4) is 0 Å². The van der Waals surface area contributed by atoms with Crippen LogP contribution in [0.5, 0.6) is 0 Å². The Morgan fingerprint density at radius 3 is 2.68 bits per heavy atom. The molecular weight excluding hydrogens is 335 g/mol. The van der Waals surface area contributed by atoms with E-state index in [1.165, 1.54) is 6.07 Å². The molecule has 2 atom stereocenters. The van der Waals surface area contributed by atoms with Gasteiger partial charge in [0.1, 0.15) is 0 Å². The number of alkyl halides is 3. The summed E-state index contributed by atoms with van der Waals surface area (Å²) in [6, 6.07) is 5.50. The summed E-state index contributed by atoms with van der Waals surface area (Å²) >= 11 is 0. The van der Waals surface area contributed by atoms with E-state index in [1.54, 1.807) is 11.0 Å². The maximum atomic E-state index is 12.9. The van der Waals surface area contributed by atoms with Gasteiger partial charge in [-0.15, -0.1) is 0 Å². The SMILES string of the molecule is O=CN1CCC(N2C=C(c3cccc(C(F)(F)F)c3)NC3OC32)CC1. The highest BCUT2D eigenvalue weighted by Crippen LogP contribution is 2.37. The minimum absolute atomic E-state index is 0.0812. The first-order valence-corrected chi connectivity index (χ1v) is 8.24. The Bertz CT molecular complexity index is 699. The molecule has 5 nitrogen and oxygen atoms in total. The molecule has 2 unspecified atom stereocenters. The lowest BCUT2D eigenvalue weighted by molar-refractivity contribution is -0.137. The summed E-state index contributed by atoms with van der Waals surface area (Å²) < 4.78 is 44.5. The number of hydrogen-bond donors (Lipinski definition) is 1. The second-order valence-corrected chi connectivity index (χ2v) is 6.53. The second kappa shape index (κ2) is 5.94. The number of rotatable bonds is 3. The topological polar surface area (TPSA) is 48.1 Å². The number of hydrogen-bond acceptors (Lipinski definition) is 4. The summed E-state index contributed by atoms with van der Waals surface area (Å²) in [5, 5.41) is 3.14. The van der Waals surface area contributed by atoms with E-state index in [0.29, 0.717) is 24.4 Å². The molecule has 0 spiro atoms. The minimum Gasteiger partial charge on any atom is -0.355 e. The maximum absolute atomic E-state index is 12.9. The first kappa shape index (κ1) is 16.3. The van der Waals surface area contributed by atoms with E-state index >= 15 is 0 Å². The predicted molar refractivity (Wildman–Crippen MR) is 83.7 cm³/mol. The molecule has 8 heteroatoms. The standard InChI is InChI=1S/C17H18F3N3O2/c18-17(19,20)12-3-1-2-11(8-12)14-9-23(16-15(21-14)25-16)13-4-6-22(10-24)7-5-13/h1-3,8-10,13,15-16,21H,4-7H2. The van der Waals surface area contributed by atoms with Crippen LogP contribution in [0.1, 0.15) is 24.0 Å². The highest BCUT2D eigenvalue weighted by molar-refractivity contribution is 5.66. The maximum Gasteiger partial charge on any atom is 0.416 e. The molecule has 0 radical (unpaired) electrons. The van der Waals surface area contributed by atoms with E-state index in [1.807, 2.05) is 6.20 Å². The van der Waals surface area contributed by atoms with Crippen LogP contribution in [0.15, 0.2) is 30.5 Å². The van der Waals surface area contributed by atoms with Crippen molar-refractivity contribution in [2.24, 2.45) is 0 Å². The monoisotopic (exact) mass is 353 g/mol. The summed E-state index contributed by atoms with van der Waals surface area (Å²) in [6.07, 6.45) is -0.305. The Labute approximate surface area is 143 Å².